The van der Waals surface area contributed by atoms with Crippen LogP contribution in [0.25, 0.3) is 0 Å². The highest BCUT2D eigenvalue weighted by molar-refractivity contribution is 7.81. The predicted molar refractivity (Wildman–Crippen MR) is 139 cm³/mol. The minimum atomic E-state index is -5.17. The SMILES string of the molecule is CC(C)C/C=C/[C@@H](CO)[C@H]1CC[C@H]2[C@@H]3CC=C4C(OS(=O)(=O)[O-])C(OS(=O)(=O)[O-])CC[C@]4(C)[C@H]3CC[C@]12C. The summed E-state index contributed by atoms with van der Waals surface area (Å²) < 4.78 is 78.3. The Hall–Kier alpha value is -0.820. The van der Waals surface area contributed by atoms with E-state index in [1.165, 1.54) is 0 Å². The number of aliphatic hydroxyl groups is 1. The minimum absolute atomic E-state index is 0.0731. The highest BCUT2D eigenvalue weighted by atomic mass is 32.3. The highest BCUT2D eigenvalue weighted by Gasteiger charge is 2.61. The molecule has 2 unspecified atom stereocenters. The van der Waals surface area contributed by atoms with Crippen molar-refractivity contribution in [2.24, 2.45) is 46.3 Å². The molecule has 11 heteroatoms. The summed E-state index contributed by atoms with van der Waals surface area (Å²) in [5, 5.41) is 10.3. The van der Waals surface area contributed by atoms with Gasteiger partial charge in [0.1, 0.15) is 12.2 Å². The smallest absolute Gasteiger partial charge is 0.218 e. The third kappa shape index (κ3) is 5.94. The summed E-state index contributed by atoms with van der Waals surface area (Å²) in [7, 11) is -10.3. The van der Waals surface area contributed by atoms with Gasteiger partial charge in [-0.25, -0.2) is 16.8 Å². The molecule has 3 fully saturated rings. The first kappa shape index (κ1) is 30.1. The van der Waals surface area contributed by atoms with Gasteiger partial charge in [-0.15, -0.1) is 0 Å². The number of rotatable bonds is 9. The van der Waals surface area contributed by atoms with Crippen LogP contribution in [-0.4, -0.2) is 49.9 Å². The highest BCUT2D eigenvalue weighted by Crippen LogP contribution is 2.67. The molecule has 0 aromatic carbocycles. The Kier molecular flexibility index (Phi) is 8.62. The molecule has 4 aliphatic carbocycles. The van der Waals surface area contributed by atoms with Crippen LogP contribution in [0, 0.1) is 46.3 Å². The van der Waals surface area contributed by atoms with E-state index in [9.17, 15) is 31.0 Å². The fraction of sp³-hybridized carbons (Fsp3) is 0.852. The molecule has 218 valence electrons. The normalized spacial score (nSPS) is 40.5. The molecule has 0 spiro atoms. The van der Waals surface area contributed by atoms with Crippen molar-refractivity contribution in [2.75, 3.05) is 6.61 Å². The van der Waals surface area contributed by atoms with Crippen LogP contribution in [0.4, 0.5) is 0 Å². The Bertz CT molecular complexity index is 1150. The van der Waals surface area contributed by atoms with Gasteiger partial charge in [0.05, 0.1) is 0 Å². The second-order valence-electron chi connectivity index (χ2n) is 12.8. The summed E-state index contributed by atoms with van der Waals surface area (Å²) in [6, 6.07) is 0. The number of aliphatic hydroxyl groups excluding tert-OH is 1. The van der Waals surface area contributed by atoms with Gasteiger partial charge in [0.2, 0.25) is 20.8 Å². The molecule has 3 saturated carbocycles. The monoisotopic (exact) mass is 574 g/mol. The molecule has 9 nitrogen and oxygen atoms in total. The van der Waals surface area contributed by atoms with E-state index >= 15 is 0 Å². The molecule has 0 saturated heterocycles. The van der Waals surface area contributed by atoms with Crippen molar-refractivity contribution in [3.8, 4) is 0 Å². The first-order valence-electron chi connectivity index (χ1n) is 13.9. The lowest BCUT2D eigenvalue weighted by Gasteiger charge is -2.59. The summed E-state index contributed by atoms with van der Waals surface area (Å²) in [6.45, 7) is 8.90. The summed E-state index contributed by atoms with van der Waals surface area (Å²) >= 11 is 0. The van der Waals surface area contributed by atoms with Crippen LogP contribution in [-0.2, 0) is 29.2 Å². The average molecular weight is 575 g/mol. The van der Waals surface area contributed by atoms with Crippen molar-refractivity contribution in [3.05, 3.63) is 23.8 Å². The van der Waals surface area contributed by atoms with Crippen molar-refractivity contribution in [1.29, 1.82) is 0 Å². The van der Waals surface area contributed by atoms with Crippen LogP contribution in [0.3, 0.4) is 0 Å². The molecule has 0 aromatic heterocycles. The van der Waals surface area contributed by atoms with Gasteiger partial charge in [0.15, 0.2) is 0 Å². The third-order valence-corrected chi connectivity index (χ3v) is 11.3. The van der Waals surface area contributed by atoms with Gasteiger partial charge in [-0.1, -0.05) is 45.9 Å². The van der Waals surface area contributed by atoms with E-state index in [1.807, 2.05) is 13.0 Å². The number of fused-ring (bicyclic) bond motifs is 5. The fourth-order valence-electron chi connectivity index (χ4n) is 8.76. The maximum absolute atomic E-state index is 11.6. The van der Waals surface area contributed by atoms with Crippen LogP contribution < -0.4 is 0 Å². The van der Waals surface area contributed by atoms with Gasteiger partial charge in [-0.05, 0) is 97.4 Å². The van der Waals surface area contributed by atoms with Gasteiger partial charge < -0.3 is 14.2 Å². The fourth-order valence-corrected chi connectivity index (χ4v) is 9.75. The Morgan fingerprint density at radius 1 is 1.03 bits per heavy atom. The maximum atomic E-state index is 11.6. The van der Waals surface area contributed by atoms with Crippen molar-refractivity contribution in [1.82, 2.24) is 0 Å². The van der Waals surface area contributed by atoms with E-state index in [0.29, 0.717) is 42.1 Å². The van der Waals surface area contributed by atoms with Crippen LogP contribution in [0.1, 0.15) is 79.1 Å². The molecule has 0 radical (unpaired) electrons. The number of hydrogen-bond donors (Lipinski definition) is 1. The van der Waals surface area contributed by atoms with Crippen molar-refractivity contribution < 1.29 is 39.4 Å². The molecular weight excluding hydrogens is 532 g/mol. The van der Waals surface area contributed by atoms with Crippen molar-refractivity contribution in [2.45, 2.75) is 91.3 Å². The quantitative estimate of drug-likeness (QED) is 0.244. The topological polar surface area (TPSA) is 153 Å². The molecule has 38 heavy (non-hydrogen) atoms. The van der Waals surface area contributed by atoms with Crippen molar-refractivity contribution in [3.63, 3.8) is 0 Å². The zero-order valence-corrected chi connectivity index (χ0v) is 24.4. The summed E-state index contributed by atoms with van der Waals surface area (Å²) in [4.78, 5) is 0. The lowest BCUT2D eigenvalue weighted by Crippen LogP contribution is -2.55. The van der Waals surface area contributed by atoms with E-state index in [2.05, 4.69) is 37.1 Å². The molecule has 0 aromatic rings. The Labute approximate surface area is 228 Å². The first-order chi connectivity index (χ1) is 17.6. The first-order valence-corrected chi connectivity index (χ1v) is 16.5. The second kappa shape index (κ2) is 10.9. The molecule has 0 heterocycles. The molecular formula is C27H42O9S2-2. The molecule has 4 rings (SSSR count). The van der Waals surface area contributed by atoms with Gasteiger partial charge >= 0.3 is 0 Å². The lowest BCUT2D eigenvalue weighted by molar-refractivity contribution is -0.0731. The Balaban J connectivity index is 1.62. The summed E-state index contributed by atoms with van der Waals surface area (Å²) in [6.07, 6.45) is 9.76. The standard InChI is InChI=1S/C27H44O9S2/c1-17(2)6-5-7-18(16-28)20-10-11-21-19-8-9-23-25(36-38(32,33)34)24(35-37(29,30)31)13-15-27(23,4)22(19)12-14-26(20,21)3/h5,7,9,17-22,24-25,28H,6,8,10-16H2,1-4H3,(H,29,30,31)(H,32,33,34)/p-2/b7-5+/t18-,19-,20+,21-,22-,24?,25?,26+,27+/m0/s1. The third-order valence-electron chi connectivity index (χ3n) is 10.4. The number of allylic oxidation sites excluding steroid dienone is 2. The van der Waals surface area contributed by atoms with Gasteiger partial charge in [0.25, 0.3) is 0 Å². The Morgan fingerprint density at radius 2 is 1.71 bits per heavy atom. The maximum Gasteiger partial charge on any atom is 0.218 e. The van der Waals surface area contributed by atoms with Crippen LogP contribution >= 0.6 is 0 Å². The van der Waals surface area contributed by atoms with Gasteiger partial charge in [0, 0.05) is 12.5 Å². The van der Waals surface area contributed by atoms with E-state index in [1.54, 1.807) is 0 Å². The van der Waals surface area contributed by atoms with Crippen LogP contribution in [0.2, 0.25) is 0 Å². The Morgan fingerprint density at radius 3 is 2.32 bits per heavy atom. The lowest BCUT2D eigenvalue weighted by atomic mass is 9.46. The van der Waals surface area contributed by atoms with E-state index in [4.69, 9.17) is 4.18 Å². The molecule has 1 N–H and O–H groups in total. The summed E-state index contributed by atoms with van der Waals surface area (Å²) in [5.74, 6) is 2.05. The van der Waals surface area contributed by atoms with E-state index in [0.717, 1.165) is 32.1 Å². The predicted octanol–water partition coefficient (Wildman–Crippen LogP) is 4.08. The molecule has 4 aliphatic rings. The molecule has 0 aliphatic heterocycles. The molecule has 0 amide bonds. The zero-order chi connectivity index (χ0) is 28.1. The minimum Gasteiger partial charge on any atom is -0.726 e. The second-order valence-corrected chi connectivity index (χ2v) is 14.8. The molecule has 0 bridgehead atoms. The van der Waals surface area contributed by atoms with E-state index in [-0.39, 0.29) is 30.3 Å². The summed E-state index contributed by atoms with van der Waals surface area (Å²) in [5.41, 5.74) is 0.127. The number of hydrogen-bond acceptors (Lipinski definition) is 9. The van der Waals surface area contributed by atoms with E-state index < -0.39 is 38.4 Å². The van der Waals surface area contributed by atoms with Crippen LogP contribution in [0.15, 0.2) is 23.8 Å². The molecule has 9 atom stereocenters. The van der Waals surface area contributed by atoms with Crippen molar-refractivity contribution >= 4 is 20.8 Å². The van der Waals surface area contributed by atoms with Gasteiger partial charge in [-0.2, -0.15) is 0 Å². The zero-order valence-electron chi connectivity index (χ0n) is 22.7. The van der Waals surface area contributed by atoms with Crippen LogP contribution in [0.5, 0.6) is 0 Å². The van der Waals surface area contributed by atoms with Gasteiger partial charge in [-0.3, -0.25) is 8.37 Å². The average Bonchev–Trinajstić information content (AvgIpc) is 3.14. The largest absolute Gasteiger partial charge is 0.726 e.